The SMILES string of the molecule is CC12[OH+]I(c3ccccc3)C1CCOc1ccccc12. The van der Waals surface area contributed by atoms with Gasteiger partial charge in [-0.2, -0.15) is 0 Å². The van der Waals surface area contributed by atoms with E-state index in [-0.39, 0.29) is 5.60 Å². The number of ether oxygens (including phenoxy) is 1. The van der Waals surface area contributed by atoms with Crippen LogP contribution in [0.4, 0.5) is 0 Å². The predicted octanol–water partition coefficient (Wildman–Crippen LogP) is 3.89. The second-order valence-electron chi connectivity index (χ2n) is 5.42. The summed E-state index contributed by atoms with van der Waals surface area (Å²) < 4.78 is 13.3. The molecule has 0 radical (unpaired) electrons. The van der Waals surface area contributed by atoms with Crippen molar-refractivity contribution in [1.82, 2.24) is 0 Å². The van der Waals surface area contributed by atoms with Crippen molar-refractivity contribution in [3.05, 3.63) is 63.7 Å². The number of halogens is 1. The average Bonchev–Trinajstić information content (AvgIpc) is 2.59. The van der Waals surface area contributed by atoms with Gasteiger partial charge in [-0.05, 0) is 0 Å². The molecule has 2 atom stereocenters. The minimum absolute atomic E-state index is 0.0201. The Balaban J connectivity index is 1.72. The molecule has 4 rings (SSSR count). The molecule has 0 spiro atoms. The molecule has 2 aromatic rings. The summed E-state index contributed by atoms with van der Waals surface area (Å²) in [6.45, 7) is 3.12. The van der Waals surface area contributed by atoms with Crippen LogP contribution in [0.2, 0.25) is 0 Å². The van der Waals surface area contributed by atoms with Crippen molar-refractivity contribution in [2.45, 2.75) is 22.9 Å². The molecule has 2 aromatic carbocycles. The van der Waals surface area contributed by atoms with Gasteiger partial charge >= 0.3 is 127 Å². The molecule has 0 saturated carbocycles. The van der Waals surface area contributed by atoms with Gasteiger partial charge in [0.25, 0.3) is 0 Å². The summed E-state index contributed by atoms with van der Waals surface area (Å²) in [6.07, 6.45) is 1.13. The molecular formula is C17H18IO2+. The van der Waals surface area contributed by atoms with Gasteiger partial charge in [-0.15, -0.1) is 0 Å². The van der Waals surface area contributed by atoms with E-state index in [4.69, 9.17) is 7.80 Å². The molecule has 2 aliphatic heterocycles. The van der Waals surface area contributed by atoms with E-state index in [9.17, 15) is 0 Å². The second kappa shape index (κ2) is 4.74. The fourth-order valence-electron chi connectivity index (χ4n) is 3.08. The van der Waals surface area contributed by atoms with Gasteiger partial charge in [0.1, 0.15) is 0 Å². The summed E-state index contributed by atoms with van der Waals surface area (Å²) in [6, 6.07) is 19.3. The quantitative estimate of drug-likeness (QED) is 0.418. The molecule has 2 aliphatic rings. The Morgan fingerprint density at radius 1 is 1.10 bits per heavy atom. The van der Waals surface area contributed by atoms with Gasteiger partial charge in [0.15, 0.2) is 0 Å². The van der Waals surface area contributed by atoms with Crippen molar-refractivity contribution >= 4 is 20.2 Å². The van der Waals surface area contributed by atoms with E-state index in [2.05, 4.69) is 61.5 Å². The number of aliphatic hydroxyl groups is 1. The maximum absolute atomic E-state index is 5.94. The van der Waals surface area contributed by atoms with E-state index < -0.39 is 20.2 Å². The van der Waals surface area contributed by atoms with Gasteiger partial charge in [-0.25, -0.2) is 0 Å². The normalized spacial score (nSPS) is 29.4. The minimum atomic E-state index is -1.40. The Kier molecular flexibility index (Phi) is 3.00. The number of benzene rings is 2. The third kappa shape index (κ3) is 1.79. The fourth-order valence-corrected chi connectivity index (χ4v) is 9.44. The average molecular weight is 381 g/mol. The molecule has 2 heterocycles. The first kappa shape index (κ1) is 12.7. The van der Waals surface area contributed by atoms with Crippen LogP contribution in [0.5, 0.6) is 5.75 Å². The van der Waals surface area contributed by atoms with Gasteiger partial charge in [-0.3, -0.25) is 0 Å². The molecule has 1 saturated heterocycles. The molecule has 3 heteroatoms. The van der Waals surface area contributed by atoms with Crippen LogP contribution in [0.25, 0.3) is 0 Å². The van der Waals surface area contributed by atoms with Crippen LogP contribution >= 0.6 is 20.2 Å². The number of hydrogen-bond acceptors (Lipinski definition) is 1. The summed E-state index contributed by atoms with van der Waals surface area (Å²) in [5, 5.41) is 0. The van der Waals surface area contributed by atoms with Crippen molar-refractivity contribution in [1.29, 1.82) is 0 Å². The van der Waals surface area contributed by atoms with Gasteiger partial charge in [0.2, 0.25) is 0 Å². The van der Waals surface area contributed by atoms with Crippen LogP contribution < -0.4 is 4.74 Å². The van der Waals surface area contributed by atoms with Crippen molar-refractivity contribution in [2.75, 3.05) is 6.61 Å². The monoisotopic (exact) mass is 381 g/mol. The zero-order valence-corrected chi connectivity index (χ0v) is 13.6. The Labute approximate surface area is 127 Å². The van der Waals surface area contributed by atoms with Crippen LogP contribution in [0, 0.1) is 3.57 Å². The van der Waals surface area contributed by atoms with Crippen LogP contribution in [0.15, 0.2) is 54.6 Å². The standard InChI is InChI=1S/C17H17IO2/c1-17-14-9-5-6-10-15(14)19-12-11-16(17)18(20-17)13-7-3-2-4-8-13/h2-10,16H,11-12H2,1H3/p+1. The Bertz CT molecular complexity index is 628. The molecule has 1 fully saturated rings. The molecule has 2 nitrogen and oxygen atoms in total. The van der Waals surface area contributed by atoms with Crippen LogP contribution in [-0.4, -0.2) is 13.6 Å². The Hall–Kier alpha value is -1.07. The third-order valence-corrected chi connectivity index (χ3v) is 10.9. The molecule has 104 valence electrons. The number of fused-ring (bicyclic) bond motifs is 3. The number of para-hydroxylation sites is 1. The maximum atomic E-state index is 5.94. The molecule has 2 unspecified atom stereocenters. The summed E-state index contributed by atoms with van der Waals surface area (Å²) in [5.74, 6) is 1.03. The first-order chi connectivity index (χ1) is 9.79. The van der Waals surface area contributed by atoms with Crippen molar-refractivity contribution in [3.63, 3.8) is 0 Å². The van der Waals surface area contributed by atoms with Crippen LogP contribution in [0.1, 0.15) is 18.9 Å². The van der Waals surface area contributed by atoms with Gasteiger partial charge in [0, 0.05) is 0 Å². The fraction of sp³-hybridized carbons (Fsp3) is 0.294. The number of alkyl halides is 1. The Morgan fingerprint density at radius 3 is 2.70 bits per heavy atom. The van der Waals surface area contributed by atoms with Crippen molar-refractivity contribution in [3.8, 4) is 5.75 Å². The molecule has 0 aliphatic carbocycles. The zero-order chi connectivity index (χ0) is 13.6. The predicted molar refractivity (Wildman–Crippen MR) is 89.1 cm³/mol. The van der Waals surface area contributed by atoms with Gasteiger partial charge in [-0.1, -0.05) is 0 Å². The number of rotatable bonds is 1. The van der Waals surface area contributed by atoms with Crippen molar-refractivity contribution in [2.24, 2.45) is 0 Å². The summed E-state index contributed by atoms with van der Waals surface area (Å²) in [4.78, 5) is 0. The third-order valence-electron chi connectivity index (χ3n) is 4.14. The van der Waals surface area contributed by atoms with Gasteiger partial charge in [0.05, 0.1) is 0 Å². The van der Waals surface area contributed by atoms with E-state index in [1.807, 2.05) is 0 Å². The Morgan fingerprint density at radius 2 is 1.85 bits per heavy atom. The van der Waals surface area contributed by atoms with E-state index in [1.165, 1.54) is 9.13 Å². The van der Waals surface area contributed by atoms with Gasteiger partial charge < -0.3 is 0 Å². The summed E-state index contributed by atoms with van der Waals surface area (Å²) >= 11 is -1.40. The van der Waals surface area contributed by atoms with Crippen LogP contribution in [-0.2, 0) is 5.60 Å². The molecule has 0 aromatic heterocycles. The summed E-state index contributed by atoms with van der Waals surface area (Å²) in [5.41, 5.74) is 1.26. The van der Waals surface area contributed by atoms with E-state index in [1.54, 1.807) is 0 Å². The number of hydrogen-bond donors (Lipinski definition) is 0. The second-order valence-corrected chi connectivity index (χ2v) is 10.3. The van der Waals surface area contributed by atoms with E-state index in [0.29, 0.717) is 3.92 Å². The van der Waals surface area contributed by atoms with E-state index in [0.717, 1.165) is 18.8 Å². The molecule has 0 amide bonds. The van der Waals surface area contributed by atoms with E-state index >= 15 is 0 Å². The molecule has 0 bridgehead atoms. The van der Waals surface area contributed by atoms with Crippen LogP contribution in [0.3, 0.4) is 0 Å². The molecular weight excluding hydrogens is 363 g/mol. The topological polar surface area (TPSA) is 22.0 Å². The first-order valence-corrected chi connectivity index (χ1v) is 10.3. The first-order valence-electron chi connectivity index (χ1n) is 6.98. The summed E-state index contributed by atoms with van der Waals surface area (Å²) in [7, 11) is 0. The van der Waals surface area contributed by atoms with Crippen molar-refractivity contribution < 1.29 is 7.80 Å². The molecule has 20 heavy (non-hydrogen) atoms. The zero-order valence-electron chi connectivity index (χ0n) is 11.4. The molecule has 1 N–H and O–H groups in total.